The van der Waals surface area contributed by atoms with Crippen molar-refractivity contribution in [3.63, 3.8) is 0 Å². The fourth-order valence-corrected chi connectivity index (χ4v) is 3.02. The first-order chi connectivity index (χ1) is 9.69. The van der Waals surface area contributed by atoms with Crippen molar-refractivity contribution in [2.24, 2.45) is 5.92 Å². The second-order valence-electron chi connectivity index (χ2n) is 5.72. The monoisotopic (exact) mass is 277 g/mol. The van der Waals surface area contributed by atoms with E-state index in [9.17, 15) is 0 Å². The minimum Gasteiger partial charge on any atom is -0.493 e. The van der Waals surface area contributed by atoms with Crippen LogP contribution in [-0.2, 0) is 11.2 Å². The topological polar surface area (TPSA) is 30.5 Å². The van der Waals surface area contributed by atoms with Crippen LogP contribution in [0.15, 0.2) is 18.2 Å². The standard InChI is InChI=1S/C17H27NO2/c1-5-19-16(12(2)3)15(18-4)14-10-6-8-13-9-7-11-20-17(13)14/h6,8,10,12,15-16,18H,5,7,9,11H2,1-4H3. The Labute approximate surface area is 122 Å². The molecule has 1 aliphatic rings. The third-order valence-electron chi connectivity index (χ3n) is 3.95. The van der Waals surface area contributed by atoms with E-state index >= 15 is 0 Å². The maximum Gasteiger partial charge on any atom is 0.127 e. The number of nitrogens with one attached hydrogen (secondary N) is 1. The molecule has 0 aliphatic carbocycles. The number of benzene rings is 1. The second-order valence-corrected chi connectivity index (χ2v) is 5.72. The Hall–Kier alpha value is -1.06. The second kappa shape index (κ2) is 7.09. The van der Waals surface area contributed by atoms with Gasteiger partial charge in [-0.25, -0.2) is 0 Å². The van der Waals surface area contributed by atoms with Gasteiger partial charge in [-0.1, -0.05) is 32.0 Å². The van der Waals surface area contributed by atoms with Crippen molar-refractivity contribution in [3.8, 4) is 5.75 Å². The Kier molecular flexibility index (Phi) is 5.44. The highest BCUT2D eigenvalue weighted by atomic mass is 16.5. The van der Waals surface area contributed by atoms with Crippen molar-refractivity contribution in [2.75, 3.05) is 20.3 Å². The van der Waals surface area contributed by atoms with E-state index in [4.69, 9.17) is 9.47 Å². The first-order valence-corrected chi connectivity index (χ1v) is 7.72. The van der Waals surface area contributed by atoms with Crippen LogP contribution in [0.25, 0.3) is 0 Å². The molecular formula is C17H27NO2. The summed E-state index contributed by atoms with van der Waals surface area (Å²) in [5.74, 6) is 1.52. The number of rotatable bonds is 6. The Morgan fingerprint density at radius 2 is 2.15 bits per heavy atom. The van der Waals surface area contributed by atoms with E-state index < -0.39 is 0 Å². The number of likely N-dealkylation sites (N-methyl/N-ethyl adjacent to an activating group) is 1. The maximum absolute atomic E-state index is 5.98. The zero-order valence-corrected chi connectivity index (χ0v) is 13.1. The highest BCUT2D eigenvalue weighted by Gasteiger charge is 2.29. The van der Waals surface area contributed by atoms with E-state index in [1.807, 2.05) is 7.05 Å². The summed E-state index contributed by atoms with van der Waals surface area (Å²) in [6, 6.07) is 6.65. The molecule has 0 aromatic heterocycles. The predicted molar refractivity (Wildman–Crippen MR) is 82.3 cm³/mol. The molecule has 2 rings (SSSR count). The Morgan fingerprint density at radius 1 is 1.35 bits per heavy atom. The third kappa shape index (κ3) is 3.15. The molecule has 1 N–H and O–H groups in total. The molecule has 112 valence electrons. The minimum absolute atomic E-state index is 0.155. The maximum atomic E-state index is 5.98. The number of para-hydroxylation sites is 1. The molecule has 0 saturated heterocycles. The first kappa shape index (κ1) is 15.3. The Balaban J connectivity index is 2.35. The average Bonchev–Trinajstić information content (AvgIpc) is 2.47. The lowest BCUT2D eigenvalue weighted by Gasteiger charge is -2.32. The van der Waals surface area contributed by atoms with Gasteiger partial charge < -0.3 is 14.8 Å². The SMILES string of the molecule is CCOC(C(C)C)C(NC)c1cccc2c1OCCC2. The number of fused-ring (bicyclic) bond motifs is 1. The summed E-state index contributed by atoms with van der Waals surface area (Å²) in [5, 5.41) is 3.43. The quantitative estimate of drug-likeness (QED) is 0.865. The summed E-state index contributed by atoms with van der Waals surface area (Å²) in [7, 11) is 2.00. The summed E-state index contributed by atoms with van der Waals surface area (Å²) in [4.78, 5) is 0. The van der Waals surface area contributed by atoms with Gasteiger partial charge in [-0.15, -0.1) is 0 Å². The first-order valence-electron chi connectivity index (χ1n) is 7.72. The molecule has 0 bridgehead atoms. The molecular weight excluding hydrogens is 250 g/mol. The van der Waals surface area contributed by atoms with Crippen LogP contribution in [-0.4, -0.2) is 26.4 Å². The molecule has 2 unspecified atom stereocenters. The number of hydrogen-bond donors (Lipinski definition) is 1. The van der Waals surface area contributed by atoms with Crippen LogP contribution < -0.4 is 10.1 Å². The van der Waals surface area contributed by atoms with Crippen LogP contribution in [0.5, 0.6) is 5.75 Å². The molecule has 1 aliphatic heterocycles. The van der Waals surface area contributed by atoms with E-state index in [0.717, 1.165) is 31.8 Å². The van der Waals surface area contributed by atoms with Crippen LogP contribution in [0, 0.1) is 5.92 Å². The van der Waals surface area contributed by atoms with E-state index in [-0.39, 0.29) is 12.1 Å². The van der Waals surface area contributed by atoms with Gasteiger partial charge in [0, 0.05) is 12.2 Å². The van der Waals surface area contributed by atoms with Gasteiger partial charge in [0.2, 0.25) is 0 Å². The smallest absolute Gasteiger partial charge is 0.127 e. The molecule has 3 heteroatoms. The van der Waals surface area contributed by atoms with Crippen molar-refractivity contribution in [1.82, 2.24) is 5.32 Å². The Bertz CT molecular complexity index is 431. The van der Waals surface area contributed by atoms with E-state index in [0.29, 0.717) is 5.92 Å². The van der Waals surface area contributed by atoms with Gasteiger partial charge in [-0.3, -0.25) is 0 Å². The van der Waals surface area contributed by atoms with Crippen molar-refractivity contribution >= 4 is 0 Å². The molecule has 2 atom stereocenters. The summed E-state index contributed by atoms with van der Waals surface area (Å²) >= 11 is 0. The van der Waals surface area contributed by atoms with Crippen molar-refractivity contribution in [1.29, 1.82) is 0 Å². The molecule has 3 nitrogen and oxygen atoms in total. The van der Waals surface area contributed by atoms with Gasteiger partial charge in [0.05, 0.1) is 18.8 Å². The fraction of sp³-hybridized carbons (Fsp3) is 0.647. The highest BCUT2D eigenvalue weighted by molar-refractivity contribution is 5.45. The van der Waals surface area contributed by atoms with Gasteiger partial charge >= 0.3 is 0 Å². The van der Waals surface area contributed by atoms with Crippen LogP contribution in [0.4, 0.5) is 0 Å². The lowest BCUT2D eigenvalue weighted by Crippen LogP contribution is -2.36. The zero-order chi connectivity index (χ0) is 14.5. The van der Waals surface area contributed by atoms with Crippen LogP contribution >= 0.6 is 0 Å². The van der Waals surface area contributed by atoms with Gasteiger partial charge in [0.1, 0.15) is 5.75 Å². The number of hydrogen-bond acceptors (Lipinski definition) is 3. The van der Waals surface area contributed by atoms with Crippen molar-refractivity contribution in [2.45, 2.75) is 45.8 Å². The van der Waals surface area contributed by atoms with Crippen LogP contribution in [0.3, 0.4) is 0 Å². The summed E-state index contributed by atoms with van der Waals surface area (Å²) in [5.41, 5.74) is 2.56. The molecule has 0 spiro atoms. The number of ether oxygens (including phenoxy) is 2. The summed E-state index contributed by atoms with van der Waals surface area (Å²) in [6.45, 7) is 8.03. The average molecular weight is 277 g/mol. The van der Waals surface area contributed by atoms with Crippen LogP contribution in [0.1, 0.15) is 44.4 Å². The van der Waals surface area contributed by atoms with E-state index in [2.05, 4.69) is 44.3 Å². The third-order valence-corrected chi connectivity index (χ3v) is 3.95. The molecule has 1 heterocycles. The highest BCUT2D eigenvalue weighted by Crippen LogP contribution is 2.36. The van der Waals surface area contributed by atoms with Gasteiger partial charge in [0.15, 0.2) is 0 Å². The molecule has 0 saturated carbocycles. The van der Waals surface area contributed by atoms with E-state index in [1.165, 1.54) is 11.1 Å². The predicted octanol–water partition coefficient (Wildman–Crippen LogP) is 3.33. The van der Waals surface area contributed by atoms with Crippen molar-refractivity contribution < 1.29 is 9.47 Å². The lowest BCUT2D eigenvalue weighted by molar-refractivity contribution is 0.00386. The van der Waals surface area contributed by atoms with Gasteiger partial charge in [-0.2, -0.15) is 0 Å². The summed E-state index contributed by atoms with van der Waals surface area (Å²) in [6.07, 6.45) is 2.38. The molecule has 1 aromatic rings. The molecule has 0 fully saturated rings. The molecule has 0 amide bonds. The van der Waals surface area contributed by atoms with Gasteiger partial charge in [0.25, 0.3) is 0 Å². The van der Waals surface area contributed by atoms with Gasteiger partial charge in [-0.05, 0) is 38.3 Å². The summed E-state index contributed by atoms with van der Waals surface area (Å²) < 4.78 is 11.9. The zero-order valence-electron chi connectivity index (χ0n) is 13.1. The minimum atomic E-state index is 0.155. The molecule has 20 heavy (non-hydrogen) atoms. The normalized spacial score (nSPS) is 17.4. The Morgan fingerprint density at radius 3 is 2.80 bits per heavy atom. The fourth-order valence-electron chi connectivity index (χ4n) is 3.02. The lowest BCUT2D eigenvalue weighted by atomic mass is 9.90. The molecule has 0 radical (unpaired) electrons. The molecule has 1 aromatic carbocycles. The van der Waals surface area contributed by atoms with Crippen molar-refractivity contribution in [3.05, 3.63) is 29.3 Å². The largest absolute Gasteiger partial charge is 0.493 e. The van der Waals surface area contributed by atoms with E-state index in [1.54, 1.807) is 0 Å². The number of aryl methyl sites for hydroxylation is 1. The van der Waals surface area contributed by atoms with Crippen LogP contribution in [0.2, 0.25) is 0 Å².